The second kappa shape index (κ2) is 4.17. The first-order valence-electron chi connectivity index (χ1n) is 2.77. The van der Waals surface area contributed by atoms with Crippen LogP contribution in [0.25, 0.3) is 0 Å². The van der Waals surface area contributed by atoms with Gasteiger partial charge in [-0.05, 0) is 0 Å². The van der Waals surface area contributed by atoms with Crippen molar-refractivity contribution in [1.82, 2.24) is 0 Å². The Morgan fingerprint density at radius 1 is 1.08 bits per heavy atom. The first kappa shape index (κ1) is 13.9. The summed E-state index contributed by atoms with van der Waals surface area (Å²) < 4.78 is 27.3. The minimum atomic E-state index is -4.62. The summed E-state index contributed by atoms with van der Waals surface area (Å²) in [5.41, 5.74) is 0. The molecule has 0 rings (SSSR count). The van der Waals surface area contributed by atoms with Gasteiger partial charge in [0.25, 0.3) is 0 Å². The zero-order chi connectivity index (χ0) is 10.9. The number of hydrogen-bond donors (Lipinski definition) is 2. The lowest BCUT2D eigenvalue weighted by Crippen LogP contribution is -2.15. The molecule has 0 fully saturated rings. The third kappa shape index (κ3) is 2.46. The van der Waals surface area contributed by atoms with E-state index in [9.17, 15) is 9.13 Å². The molecule has 0 aliphatic heterocycles. The molecule has 0 aromatic rings. The van der Waals surface area contributed by atoms with Crippen LogP contribution in [-0.4, -0.2) is 27.8 Å². The molecule has 6 nitrogen and oxygen atoms in total. The van der Waals surface area contributed by atoms with Crippen molar-refractivity contribution < 1.29 is 28.0 Å². The van der Waals surface area contributed by atoms with E-state index in [2.05, 4.69) is 9.05 Å². The molecule has 0 radical (unpaired) electrons. The zero-order valence-corrected chi connectivity index (χ0v) is 9.98. The van der Waals surface area contributed by atoms with Crippen molar-refractivity contribution in [1.29, 1.82) is 0 Å². The van der Waals surface area contributed by atoms with Crippen molar-refractivity contribution in [2.45, 2.75) is 3.82 Å². The molecule has 0 aromatic heterocycles. The van der Waals surface area contributed by atoms with Gasteiger partial charge in [-0.15, -0.1) is 0 Å². The van der Waals surface area contributed by atoms with E-state index in [0.29, 0.717) is 0 Å². The molecular weight excluding hydrogens is 265 g/mol. The molecule has 0 aromatic carbocycles. The van der Waals surface area contributed by atoms with Crippen LogP contribution in [0.5, 0.6) is 0 Å². The Morgan fingerprint density at radius 2 is 1.31 bits per heavy atom. The van der Waals surface area contributed by atoms with Gasteiger partial charge >= 0.3 is 19.0 Å². The average molecular weight is 273 g/mol. The van der Waals surface area contributed by atoms with Gasteiger partial charge in [-0.25, -0.2) is 0 Å². The molecule has 0 heterocycles. The summed E-state index contributed by atoms with van der Waals surface area (Å²) in [6.07, 6.45) is 0. The van der Waals surface area contributed by atoms with E-state index in [1.54, 1.807) is 0 Å². The second-order valence-corrected chi connectivity index (χ2v) is 8.80. The summed E-state index contributed by atoms with van der Waals surface area (Å²) in [6.45, 7) is 0. The average Bonchev–Trinajstić information content (AvgIpc) is 2.03. The molecule has 2 atom stereocenters. The summed E-state index contributed by atoms with van der Waals surface area (Å²) in [7, 11) is -7.58. The lowest BCUT2D eigenvalue weighted by atomic mass is 11.8. The van der Waals surface area contributed by atoms with E-state index < -0.39 is 19.0 Å². The molecule has 0 bridgehead atoms. The first-order chi connectivity index (χ1) is 5.62. The fraction of sp³-hybridized carbons (Fsp3) is 1.00. The van der Waals surface area contributed by atoms with Gasteiger partial charge in [-0.1, -0.05) is 23.2 Å². The van der Waals surface area contributed by atoms with Crippen molar-refractivity contribution >= 4 is 38.4 Å². The van der Waals surface area contributed by atoms with Crippen LogP contribution < -0.4 is 0 Å². The van der Waals surface area contributed by atoms with Gasteiger partial charge in [0, 0.05) is 14.2 Å². The SMILES string of the molecule is COP(=O)(O)C(Cl)(Cl)P(=O)(O)OC. The van der Waals surface area contributed by atoms with Crippen LogP contribution in [0.2, 0.25) is 0 Å². The fourth-order valence-electron chi connectivity index (χ4n) is 0.379. The highest BCUT2D eigenvalue weighted by molar-refractivity contribution is 7.79. The van der Waals surface area contributed by atoms with Crippen LogP contribution >= 0.6 is 38.4 Å². The van der Waals surface area contributed by atoms with Crippen molar-refractivity contribution in [2.75, 3.05) is 14.2 Å². The number of alkyl halides is 2. The smallest absolute Gasteiger partial charge is 0.322 e. The number of hydrogen-bond acceptors (Lipinski definition) is 4. The van der Waals surface area contributed by atoms with Crippen molar-refractivity contribution in [2.24, 2.45) is 0 Å². The lowest BCUT2D eigenvalue weighted by Gasteiger charge is -2.26. The molecule has 0 amide bonds. The molecule has 2 N–H and O–H groups in total. The Bertz CT molecular complexity index is 251. The maximum absolute atomic E-state index is 11.1. The molecule has 0 spiro atoms. The molecule has 0 aliphatic carbocycles. The monoisotopic (exact) mass is 272 g/mol. The zero-order valence-electron chi connectivity index (χ0n) is 6.68. The van der Waals surface area contributed by atoms with Gasteiger partial charge in [0.05, 0.1) is 0 Å². The highest BCUT2D eigenvalue weighted by Gasteiger charge is 2.60. The molecule has 80 valence electrons. The normalized spacial score (nSPS) is 22.0. The molecule has 0 saturated heterocycles. The van der Waals surface area contributed by atoms with Crippen LogP contribution in [-0.2, 0) is 18.2 Å². The molecule has 13 heavy (non-hydrogen) atoms. The lowest BCUT2D eigenvalue weighted by molar-refractivity contribution is 0.291. The Hall–Kier alpha value is 0.880. The van der Waals surface area contributed by atoms with Gasteiger partial charge in [-0.3, -0.25) is 9.13 Å². The minimum absolute atomic E-state index is 0.829. The fourth-order valence-corrected chi connectivity index (χ4v) is 3.41. The standard InChI is InChI=1S/C3H8Cl2O6P2/c1-10-12(6,7)3(4,5)13(8,9)11-2/h1-2H3,(H,6,7)(H,8,9). The second-order valence-electron chi connectivity index (χ2n) is 1.92. The van der Waals surface area contributed by atoms with E-state index in [1.807, 2.05) is 0 Å². The van der Waals surface area contributed by atoms with Gasteiger partial charge in [0.15, 0.2) is 0 Å². The number of halogens is 2. The highest BCUT2D eigenvalue weighted by Crippen LogP contribution is 2.77. The summed E-state index contributed by atoms with van der Waals surface area (Å²) >= 11 is 10.4. The molecule has 0 aliphatic rings. The third-order valence-corrected chi connectivity index (χ3v) is 7.60. The van der Waals surface area contributed by atoms with Crippen LogP contribution in [0.15, 0.2) is 0 Å². The van der Waals surface area contributed by atoms with Crippen molar-refractivity contribution in [3.8, 4) is 0 Å². The highest BCUT2D eigenvalue weighted by atomic mass is 35.5. The van der Waals surface area contributed by atoms with Gasteiger partial charge in [0.2, 0.25) is 0 Å². The summed E-state index contributed by atoms with van der Waals surface area (Å²) in [4.78, 5) is 17.9. The molecular formula is C3H8Cl2O6P2. The Morgan fingerprint density at radius 3 is 1.46 bits per heavy atom. The van der Waals surface area contributed by atoms with E-state index in [-0.39, 0.29) is 0 Å². The Balaban J connectivity index is 5.21. The van der Waals surface area contributed by atoms with Crippen LogP contribution in [0.4, 0.5) is 0 Å². The van der Waals surface area contributed by atoms with E-state index >= 15 is 0 Å². The Labute approximate surface area is 84.8 Å². The van der Waals surface area contributed by atoms with Gasteiger partial charge < -0.3 is 18.8 Å². The van der Waals surface area contributed by atoms with E-state index in [1.165, 1.54) is 0 Å². The maximum Gasteiger partial charge on any atom is 0.376 e. The third-order valence-electron chi connectivity index (χ3n) is 1.17. The maximum atomic E-state index is 11.1. The van der Waals surface area contributed by atoms with Crippen LogP contribution in [0.1, 0.15) is 0 Å². The minimum Gasteiger partial charge on any atom is -0.322 e. The van der Waals surface area contributed by atoms with E-state index in [0.717, 1.165) is 14.2 Å². The molecule has 10 heteroatoms. The molecule has 0 saturated carbocycles. The molecule has 2 unspecified atom stereocenters. The quantitative estimate of drug-likeness (QED) is 0.598. The topological polar surface area (TPSA) is 93.1 Å². The Kier molecular flexibility index (Phi) is 4.45. The first-order valence-corrected chi connectivity index (χ1v) is 6.68. The predicted molar refractivity (Wildman–Crippen MR) is 48.1 cm³/mol. The predicted octanol–water partition coefficient (Wildman–Crippen LogP) is 1.74. The largest absolute Gasteiger partial charge is 0.376 e. The van der Waals surface area contributed by atoms with Crippen molar-refractivity contribution in [3.05, 3.63) is 0 Å². The van der Waals surface area contributed by atoms with E-state index in [4.69, 9.17) is 33.0 Å². The summed E-state index contributed by atoms with van der Waals surface area (Å²) in [5.74, 6) is 0. The summed E-state index contributed by atoms with van der Waals surface area (Å²) in [5, 5.41) is 0. The van der Waals surface area contributed by atoms with Crippen LogP contribution in [0.3, 0.4) is 0 Å². The summed E-state index contributed by atoms with van der Waals surface area (Å²) in [6, 6.07) is 0. The van der Waals surface area contributed by atoms with Crippen molar-refractivity contribution in [3.63, 3.8) is 0 Å². The number of rotatable bonds is 4. The van der Waals surface area contributed by atoms with Gasteiger partial charge in [-0.2, -0.15) is 0 Å². The van der Waals surface area contributed by atoms with Crippen LogP contribution in [0, 0.1) is 0 Å². The van der Waals surface area contributed by atoms with Gasteiger partial charge in [0.1, 0.15) is 0 Å².